The van der Waals surface area contributed by atoms with Crippen LogP contribution in [0.4, 0.5) is 5.69 Å². The van der Waals surface area contributed by atoms with Crippen LogP contribution in [0.2, 0.25) is 15.1 Å². The third-order valence-electron chi connectivity index (χ3n) is 3.13. The Morgan fingerprint density at radius 3 is 2.50 bits per heavy atom. The fourth-order valence-corrected chi connectivity index (χ4v) is 2.78. The van der Waals surface area contributed by atoms with Gasteiger partial charge in [0, 0.05) is 33.7 Å². The third-order valence-corrected chi connectivity index (χ3v) is 3.91. The highest BCUT2D eigenvalue weighted by Gasteiger charge is 2.05. The maximum Gasteiger partial charge on any atom is 0.0652 e. The average molecular weight is 326 g/mol. The molecule has 0 aliphatic heterocycles. The number of H-pyrrole nitrogens is 1. The average Bonchev–Trinajstić information content (AvgIpc) is 2.80. The van der Waals surface area contributed by atoms with E-state index in [2.05, 4.69) is 10.3 Å². The topological polar surface area (TPSA) is 27.8 Å². The Kier molecular flexibility index (Phi) is 3.79. The smallest absolute Gasteiger partial charge is 0.0652 e. The predicted molar refractivity (Wildman–Crippen MR) is 87.1 cm³/mol. The van der Waals surface area contributed by atoms with Crippen molar-refractivity contribution in [1.29, 1.82) is 0 Å². The molecule has 2 nitrogen and oxygen atoms in total. The molecule has 0 aliphatic carbocycles. The first-order chi connectivity index (χ1) is 9.63. The van der Waals surface area contributed by atoms with Crippen LogP contribution in [0.1, 0.15) is 5.56 Å². The minimum atomic E-state index is 0.611. The van der Waals surface area contributed by atoms with Crippen LogP contribution in [0.15, 0.2) is 42.6 Å². The van der Waals surface area contributed by atoms with Gasteiger partial charge >= 0.3 is 0 Å². The van der Waals surface area contributed by atoms with Gasteiger partial charge in [0.2, 0.25) is 0 Å². The van der Waals surface area contributed by atoms with E-state index in [9.17, 15) is 0 Å². The Hall–Kier alpha value is -1.35. The van der Waals surface area contributed by atoms with Crippen LogP contribution in [-0.2, 0) is 6.54 Å². The minimum absolute atomic E-state index is 0.611. The molecular formula is C15H11Cl3N2. The number of hydrogen-bond acceptors (Lipinski definition) is 1. The monoisotopic (exact) mass is 324 g/mol. The second-order valence-electron chi connectivity index (χ2n) is 4.48. The van der Waals surface area contributed by atoms with E-state index >= 15 is 0 Å². The summed E-state index contributed by atoms with van der Waals surface area (Å²) in [5, 5.41) is 6.41. The van der Waals surface area contributed by atoms with E-state index in [-0.39, 0.29) is 0 Å². The lowest BCUT2D eigenvalue weighted by Gasteiger charge is -2.08. The van der Waals surface area contributed by atoms with E-state index in [0.29, 0.717) is 16.6 Å². The normalized spacial score (nSPS) is 10.9. The molecule has 0 saturated carbocycles. The summed E-state index contributed by atoms with van der Waals surface area (Å²) in [6.07, 6.45) is 1.97. The number of halogens is 3. The highest BCUT2D eigenvalue weighted by Crippen LogP contribution is 2.27. The molecule has 0 unspecified atom stereocenters. The van der Waals surface area contributed by atoms with Crippen LogP contribution in [0, 0.1) is 0 Å². The number of benzene rings is 2. The molecule has 1 aromatic heterocycles. The van der Waals surface area contributed by atoms with E-state index in [1.807, 2.05) is 36.5 Å². The molecule has 2 aromatic carbocycles. The van der Waals surface area contributed by atoms with Crippen LogP contribution >= 0.6 is 34.8 Å². The summed E-state index contributed by atoms with van der Waals surface area (Å²) in [6, 6.07) is 11.2. The number of fused-ring (bicyclic) bond motifs is 1. The zero-order valence-corrected chi connectivity index (χ0v) is 12.7. The molecule has 0 saturated heterocycles. The van der Waals surface area contributed by atoms with Crippen molar-refractivity contribution in [3.05, 3.63) is 63.2 Å². The molecule has 0 aliphatic rings. The SMILES string of the molecule is Clc1ccc(NCc2c[nH]c3cc(Cl)ccc23)c(Cl)c1. The van der Waals surface area contributed by atoms with Gasteiger partial charge in [-0.05, 0) is 35.9 Å². The van der Waals surface area contributed by atoms with Crippen molar-refractivity contribution in [1.82, 2.24) is 4.98 Å². The van der Waals surface area contributed by atoms with E-state index in [1.54, 1.807) is 6.07 Å². The van der Waals surface area contributed by atoms with Crippen LogP contribution in [0.5, 0.6) is 0 Å². The van der Waals surface area contributed by atoms with Crippen molar-refractivity contribution >= 4 is 51.4 Å². The van der Waals surface area contributed by atoms with Gasteiger partial charge in [0.15, 0.2) is 0 Å². The molecule has 0 bridgehead atoms. The van der Waals surface area contributed by atoms with Gasteiger partial charge < -0.3 is 10.3 Å². The number of aromatic amines is 1. The first-order valence-electron chi connectivity index (χ1n) is 6.08. The highest BCUT2D eigenvalue weighted by molar-refractivity contribution is 6.36. The van der Waals surface area contributed by atoms with Crippen LogP contribution < -0.4 is 5.32 Å². The van der Waals surface area contributed by atoms with Gasteiger partial charge in [0.25, 0.3) is 0 Å². The summed E-state index contributed by atoms with van der Waals surface area (Å²) >= 11 is 18.0. The number of rotatable bonds is 3. The molecule has 20 heavy (non-hydrogen) atoms. The van der Waals surface area contributed by atoms with Crippen molar-refractivity contribution in [2.24, 2.45) is 0 Å². The van der Waals surface area contributed by atoms with E-state index in [0.717, 1.165) is 27.2 Å². The van der Waals surface area contributed by atoms with Crippen molar-refractivity contribution in [2.45, 2.75) is 6.54 Å². The molecule has 5 heteroatoms. The molecule has 0 spiro atoms. The van der Waals surface area contributed by atoms with Crippen molar-refractivity contribution in [3.63, 3.8) is 0 Å². The summed E-state index contributed by atoms with van der Waals surface area (Å²) in [4.78, 5) is 3.21. The number of nitrogens with one attached hydrogen (secondary N) is 2. The molecule has 0 radical (unpaired) electrons. The van der Waals surface area contributed by atoms with Gasteiger partial charge in [-0.1, -0.05) is 40.9 Å². The summed E-state index contributed by atoms with van der Waals surface area (Å²) in [6.45, 7) is 0.670. The van der Waals surface area contributed by atoms with Gasteiger partial charge in [-0.2, -0.15) is 0 Å². The molecule has 0 atom stereocenters. The van der Waals surface area contributed by atoms with Gasteiger partial charge in [-0.15, -0.1) is 0 Å². The molecule has 3 rings (SSSR count). The van der Waals surface area contributed by atoms with E-state index in [4.69, 9.17) is 34.8 Å². The van der Waals surface area contributed by atoms with Gasteiger partial charge in [0.05, 0.1) is 10.7 Å². The lowest BCUT2D eigenvalue weighted by molar-refractivity contribution is 1.16. The fourth-order valence-electron chi connectivity index (χ4n) is 2.13. The molecule has 3 aromatic rings. The number of anilines is 1. The Morgan fingerprint density at radius 1 is 0.950 bits per heavy atom. The van der Waals surface area contributed by atoms with Gasteiger partial charge in [-0.25, -0.2) is 0 Å². The molecule has 102 valence electrons. The third kappa shape index (κ3) is 2.73. The molecular weight excluding hydrogens is 315 g/mol. The molecule has 1 heterocycles. The van der Waals surface area contributed by atoms with Crippen LogP contribution in [0.25, 0.3) is 10.9 Å². The van der Waals surface area contributed by atoms with Crippen LogP contribution in [0.3, 0.4) is 0 Å². The lowest BCUT2D eigenvalue weighted by atomic mass is 10.1. The Balaban J connectivity index is 1.83. The zero-order chi connectivity index (χ0) is 14.1. The van der Waals surface area contributed by atoms with Crippen molar-refractivity contribution in [2.75, 3.05) is 5.32 Å². The quantitative estimate of drug-likeness (QED) is 0.631. The number of aromatic nitrogens is 1. The second kappa shape index (κ2) is 5.57. The first kappa shape index (κ1) is 13.6. The van der Waals surface area contributed by atoms with E-state index in [1.165, 1.54) is 0 Å². The maximum atomic E-state index is 6.14. The summed E-state index contributed by atoms with van der Waals surface area (Å²) < 4.78 is 0. The Bertz CT molecular complexity index is 765. The fraction of sp³-hybridized carbons (Fsp3) is 0.0667. The Morgan fingerprint density at radius 2 is 1.70 bits per heavy atom. The summed E-state index contributed by atoms with van der Waals surface area (Å²) in [5.74, 6) is 0. The molecule has 0 fully saturated rings. The summed E-state index contributed by atoms with van der Waals surface area (Å²) in [5.41, 5.74) is 3.04. The first-order valence-corrected chi connectivity index (χ1v) is 7.21. The standard InChI is InChI=1S/C15H11Cl3N2/c16-10-2-4-14(13(18)5-10)19-7-9-8-20-15-6-11(17)1-3-12(9)15/h1-6,8,19-20H,7H2. The second-order valence-corrected chi connectivity index (χ2v) is 5.76. The van der Waals surface area contributed by atoms with Crippen LogP contribution in [-0.4, -0.2) is 4.98 Å². The molecule has 0 amide bonds. The van der Waals surface area contributed by atoms with Gasteiger partial charge in [-0.3, -0.25) is 0 Å². The largest absolute Gasteiger partial charge is 0.380 e. The predicted octanol–water partition coefficient (Wildman–Crippen LogP) is 5.74. The van der Waals surface area contributed by atoms with Crippen molar-refractivity contribution in [3.8, 4) is 0 Å². The Labute approximate surface area is 131 Å². The maximum absolute atomic E-state index is 6.14. The van der Waals surface area contributed by atoms with Gasteiger partial charge in [0.1, 0.15) is 0 Å². The van der Waals surface area contributed by atoms with Crippen molar-refractivity contribution < 1.29 is 0 Å². The molecule has 2 N–H and O–H groups in total. The number of hydrogen-bond donors (Lipinski definition) is 2. The minimum Gasteiger partial charge on any atom is -0.380 e. The zero-order valence-electron chi connectivity index (χ0n) is 10.4. The summed E-state index contributed by atoms with van der Waals surface area (Å²) in [7, 11) is 0. The van der Waals surface area contributed by atoms with E-state index < -0.39 is 0 Å². The lowest BCUT2D eigenvalue weighted by Crippen LogP contribution is -1.99. The highest BCUT2D eigenvalue weighted by atomic mass is 35.5.